The normalized spacial score (nSPS) is 13.9. The molecule has 5 atom stereocenters. The molecule has 0 fully saturated rings. The van der Waals surface area contributed by atoms with E-state index in [-0.39, 0.29) is 25.7 Å². The predicted octanol–water partition coefficient (Wildman–Crippen LogP) is 25.1. The van der Waals surface area contributed by atoms with Gasteiger partial charge in [-0.05, 0) is 37.5 Å². The lowest BCUT2D eigenvalue weighted by atomic mass is 10.0. The Kier molecular flexibility index (Phi) is 73.1. The molecule has 2 unspecified atom stereocenters. The third kappa shape index (κ3) is 76.3. The number of rotatable bonds is 82. The molecule has 0 aromatic carbocycles. The monoisotopic (exact) mass is 1490 g/mol. The van der Waals surface area contributed by atoms with Gasteiger partial charge in [0.2, 0.25) is 0 Å². The van der Waals surface area contributed by atoms with Crippen LogP contribution in [0.25, 0.3) is 0 Å². The molecule has 606 valence electrons. The van der Waals surface area contributed by atoms with E-state index in [1.165, 1.54) is 257 Å². The van der Waals surface area contributed by atoms with Crippen LogP contribution in [0.3, 0.4) is 0 Å². The minimum absolute atomic E-state index is 0.105. The number of phosphoric acid groups is 2. The quantitative estimate of drug-likeness (QED) is 0.0222. The van der Waals surface area contributed by atoms with Gasteiger partial charge in [-0.2, -0.15) is 0 Å². The summed E-state index contributed by atoms with van der Waals surface area (Å²) in [5.41, 5.74) is 0. The Labute approximate surface area is 626 Å². The molecule has 17 nitrogen and oxygen atoms in total. The van der Waals surface area contributed by atoms with Crippen LogP contribution in [0.2, 0.25) is 0 Å². The lowest BCUT2D eigenvalue weighted by molar-refractivity contribution is -0.161. The second-order valence-corrected chi connectivity index (χ2v) is 33.7. The average Bonchev–Trinajstić information content (AvgIpc) is 0.951. The fourth-order valence-electron chi connectivity index (χ4n) is 12.9. The van der Waals surface area contributed by atoms with Crippen molar-refractivity contribution >= 4 is 39.5 Å². The molecule has 0 radical (unpaired) electrons. The van der Waals surface area contributed by atoms with Crippen LogP contribution in [0.4, 0.5) is 0 Å². The van der Waals surface area contributed by atoms with E-state index >= 15 is 0 Å². The fraction of sp³-hybridized carbons (Fsp3) is 0.952. The van der Waals surface area contributed by atoms with Gasteiger partial charge in [-0.1, -0.05) is 388 Å². The van der Waals surface area contributed by atoms with E-state index in [0.29, 0.717) is 25.7 Å². The first-order chi connectivity index (χ1) is 49.4. The molecule has 0 aromatic rings. The maximum atomic E-state index is 13.1. The lowest BCUT2D eigenvalue weighted by Crippen LogP contribution is -2.30. The van der Waals surface area contributed by atoms with Crippen molar-refractivity contribution in [1.82, 2.24) is 0 Å². The van der Waals surface area contributed by atoms with E-state index in [4.69, 9.17) is 37.0 Å². The van der Waals surface area contributed by atoms with E-state index in [1.807, 2.05) is 0 Å². The first kappa shape index (κ1) is 100. The van der Waals surface area contributed by atoms with Gasteiger partial charge in [0.1, 0.15) is 19.3 Å². The Bertz CT molecular complexity index is 1960. The van der Waals surface area contributed by atoms with E-state index in [1.54, 1.807) is 0 Å². The summed E-state index contributed by atoms with van der Waals surface area (Å²) in [6, 6.07) is 0. The van der Waals surface area contributed by atoms with Crippen molar-refractivity contribution in [3.05, 3.63) is 0 Å². The molecule has 0 spiro atoms. The van der Waals surface area contributed by atoms with Crippen LogP contribution in [0.15, 0.2) is 0 Å². The van der Waals surface area contributed by atoms with Gasteiger partial charge in [0.15, 0.2) is 12.2 Å². The number of aliphatic hydroxyl groups is 1. The SMILES string of the molecule is CCCCCCCCCCCCCCCCCCCCCCC(=O)O[C@H](COC(=O)CCCCCCCCCCCCCCCCCCCC)COP(=O)(O)OC[C@@H](O)COP(=O)(O)OC[C@@H](COC(=O)CCCCCCCCCCCC(C)C)OC(=O)CCCCCCCCCCCC(C)C. The molecule has 0 aromatic heterocycles. The second kappa shape index (κ2) is 74.5. The molecule has 0 saturated heterocycles. The maximum absolute atomic E-state index is 13.1. The number of ether oxygens (including phenoxy) is 4. The van der Waals surface area contributed by atoms with E-state index in [0.717, 1.165) is 102 Å². The minimum Gasteiger partial charge on any atom is -0.462 e. The van der Waals surface area contributed by atoms with E-state index in [9.17, 15) is 43.2 Å². The van der Waals surface area contributed by atoms with Crippen molar-refractivity contribution in [1.29, 1.82) is 0 Å². The highest BCUT2D eigenvalue weighted by Gasteiger charge is 2.30. The van der Waals surface area contributed by atoms with Crippen molar-refractivity contribution in [3.63, 3.8) is 0 Å². The lowest BCUT2D eigenvalue weighted by Gasteiger charge is -2.21. The van der Waals surface area contributed by atoms with Crippen LogP contribution in [-0.4, -0.2) is 96.7 Å². The Balaban J connectivity index is 5.23. The van der Waals surface area contributed by atoms with Crippen molar-refractivity contribution in [3.8, 4) is 0 Å². The molecule has 0 heterocycles. The number of hydrogen-bond acceptors (Lipinski definition) is 15. The van der Waals surface area contributed by atoms with Gasteiger partial charge in [-0.15, -0.1) is 0 Å². The van der Waals surface area contributed by atoms with Gasteiger partial charge < -0.3 is 33.8 Å². The summed E-state index contributed by atoms with van der Waals surface area (Å²) in [5, 5.41) is 10.7. The fourth-order valence-corrected chi connectivity index (χ4v) is 14.5. The molecular weight excluding hydrogens is 1330 g/mol. The topological polar surface area (TPSA) is 237 Å². The number of aliphatic hydroxyl groups excluding tert-OH is 1. The second-order valence-electron chi connectivity index (χ2n) is 30.8. The number of unbranched alkanes of at least 4 members (excludes halogenated alkanes) is 52. The van der Waals surface area contributed by atoms with Crippen molar-refractivity contribution in [2.75, 3.05) is 39.6 Å². The molecule has 102 heavy (non-hydrogen) atoms. The van der Waals surface area contributed by atoms with Crippen LogP contribution in [0.5, 0.6) is 0 Å². The Morgan fingerprint density at radius 2 is 0.451 bits per heavy atom. The molecule has 0 aliphatic heterocycles. The molecule has 0 saturated carbocycles. The minimum atomic E-state index is -4.96. The zero-order chi connectivity index (χ0) is 74.9. The third-order valence-corrected chi connectivity index (χ3v) is 21.4. The van der Waals surface area contributed by atoms with Gasteiger partial charge in [-0.3, -0.25) is 37.3 Å². The molecule has 3 N–H and O–H groups in total. The number of carbonyl (C=O) groups excluding carboxylic acids is 4. The summed E-state index contributed by atoms with van der Waals surface area (Å²) in [5.74, 6) is -0.627. The highest BCUT2D eigenvalue weighted by Crippen LogP contribution is 2.45. The predicted molar refractivity (Wildman–Crippen MR) is 418 cm³/mol. The molecule has 0 amide bonds. The summed E-state index contributed by atoms with van der Waals surface area (Å²) in [6.07, 6.45) is 65.4. The largest absolute Gasteiger partial charge is 0.472 e. The van der Waals surface area contributed by atoms with Gasteiger partial charge >= 0.3 is 39.5 Å². The molecule has 0 rings (SSSR count). The first-order valence-corrected chi connectivity index (χ1v) is 46.0. The van der Waals surface area contributed by atoms with Crippen LogP contribution in [0, 0.1) is 11.8 Å². The Hall–Kier alpha value is -1.94. The van der Waals surface area contributed by atoms with Gasteiger partial charge in [0.25, 0.3) is 0 Å². The smallest absolute Gasteiger partial charge is 0.462 e. The Morgan fingerprint density at radius 1 is 0.265 bits per heavy atom. The van der Waals surface area contributed by atoms with Crippen LogP contribution in [0.1, 0.15) is 440 Å². The average molecular weight is 1490 g/mol. The Morgan fingerprint density at radius 3 is 0.667 bits per heavy atom. The molecule has 0 aliphatic rings. The maximum Gasteiger partial charge on any atom is 0.472 e. The first-order valence-electron chi connectivity index (χ1n) is 43.0. The molecule has 19 heteroatoms. The summed E-state index contributed by atoms with van der Waals surface area (Å²) in [6.45, 7) is 9.60. The summed E-state index contributed by atoms with van der Waals surface area (Å²) >= 11 is 0. The molecule has 0 bridgehead atoms. The number of phosphoric ester groups is 2. The zero-order valence-electron chi connectivity index (χ0n) is 66.9. The number of carbonyl (C=O) groups is 4. The van der Waals surface area contributed by atoms with Gasteiger partial charge in [-0.25, -0.2) is 9.13 Å². The van der Waals surface area contributed by atoms with Gasteiger partial charge in [0, 0.05) is 25.7 Å². The summed E-state index contributed by atoms with van der Waals surface area (Å²) in [4.78, 5) is 73.1. The standard InChI is InChI=1S/C83H162O17P2/c1-7-9-11-13-15-17-19-21-23-25-27-28-30-32-34-36-42-49-55-61-67-82(87)99-78(71-93-80(85)65-59-53-47-41-35-33-31-29-26-24-22-20-18-16-14-12-10-8-2)73-97-101(89,90)95-69-77(84)70-96-102(91,92)98-74-79(100-83(88)68-62-56-50-44-38-40-46-52-58-64-76(5)6)72-94-81(86)66-60-54-48-43-37-39-45-51-57-63-75(3)4/h75-79,84H,7-74H2,1-6H3,(H,89,90)(H,91,92)/t77-,78-,79-/m1/s1. The van der Waals surface area contributed by atoms with E-state index < -0.39 is 97.5 Å². The highest BCUT2D eigenvalue weighted by atomic mass is 31.2. The molecule has 0 aliphatic carbocycles. The van der Waals surface area contributed by atoms with Crippen molar-refractivity contribution in [2.45, 2.75) is 458 Å². The van der Waals surface area contributed by atoms with E-state index in [2.05, 4.69) is 41.5 Å². The van der Waals surface area contributed by atoms with Crippen LogP contribution in [-0.2, 0) is 65.4 Å². The summed E-state index contributed by atoms with van der Waals surface area (Å²) < 4.78 is 68.8. The number of esters is 4. The van der Waals surface area contributed by atoms with Crippen LogP contribution >= 0.6 is 15.6 Å². The van der Waals surface area contributed by atoms with Crippen LogP contribution < -0.4 is 0 Å². The van der Waals surface area contributed by atoms with Crippen molar-refractivity contribution in [2.24, 2.45) is 11.8 Å². The molecular formula is C83H162O17P2. The zero-order valence-corrected chi connectivity index (χ0v) is 68.7. The van der Waals surface area contributed by atoms with Crippen molar-refractivity contribution < 1.29 is 80.2 Å². The highest BCUT2D eigenvalue weighted by molar-refractivity contribution is 7.47. The third-order valence-electron chi connectivity index (χ3n) is 19.5. The number of hydrogen-bond donors (Lipinski definition) is 3. The summed E-state index contributed by atoms with van der Waals surface area (Å²) in [7, 11) is -9.92. The van der Waals surface area contributed by atoms with Gasteiger partial charge in [0.05, 0.1) is 26.4 Å².